The number of aryl methyl sites for hydroxylation is 1. The molecule has 0 spiro atoms. The fraction of sp³-hybridized carbons (Fsp3) is 0.375. The summed E-state index contributed by atoms with van der Waals surface area (Å²) < 4.78 is 45.2. The van der Waals surface area contributed by atoms with Crippen molar-refractivity contribution in [3.05, 3.63) is 58.2 Å². The maximum absolute atomic E-state index is 13.1. The number of carbonyl (C=O) groups is 1. The molecule has 1 amide bonds. The highest BCUT2D eigenvalue weighted by Gasteiger charge is 2.30. The molecule has 3 heterocycles. The van der Waals surface area contributed by atoms with E-state index in [1.807, 2.05) is 19.1 Å². The van der Waals surface area contributed by atoms with E-state index in [4.69, 9.17) is 4.74 Å². The average Bonchev–Trinajstić information content (AvgIpc) is 3.23. The van der Waals surface area contributed by atoms with Gasteiger partial charge in [-0.15, -0.1) is 11.3 Å². The number of alkyl halides is 3. The molecule has 0 saturated carbocycles. The van der Waals surface area contributed by atoms with E-state index in [9.17, 15) is 18.0 Å². The molecule has 1 aliphatic rings. The Morgan fingerprint density at radius 1 is 1.29 bits per heavy atom. The van der Waals surface area contributed by atoms with Crippen LogP contribution in [0.1, 0.15) is 41.2 Å². The Morgan fingerprint density at radius 3 is 2.76 bits per heavy atom. The van der Waals surface area contributed by atoms with E-state index < -0.39 is 11.7 Å². The Bertz CT molecular complexity index is 1240. The van der Waals surface area contributed by atoms with Crippen molar-refractivity contribution in [3.8, 4) is 0 Å². The van der Waals surface area contributed by atoms with Crippen molar-refractivity contribution in [2.24, 2.45) is 0 Å². The molecule has 0 bridgehead atoms. The van der Waals surface area contributed by atoms with Gasteiger partial charge in [0, 0.05) is 25.1 Å². The molecule has 180 valence electrons. The summed E-state index contributed by atoms with van der Waals surface area (Å²) in [5.41, 5.74) is 1.76. The second-order valence-corrected chi connectivity index (χ2v) is 9.24. The number of hydrogen-bond donors (Lipinski definition) is 1. The molecule has 0 saturated heterocycles. The number of aromatic nitrogens is 2. The van der Waals surface area contributed by atoms with Crippen molar-refractivity contribution in [2.45, 2.75) is 32.5 Å². The van der Waals surface area contributed by atoms with Crippen LogP contribution in [0, 0.1) is 6.92 Å². The largest absolute Gasteiger partial charge is 0.416 e. The fourth-order valence-corrected chi connectivity index (χ4v) is 5.03. The molecule has 3 aromatic rings. The summed E-state index contributed by atoms with van der Waals surface area (Å²) in [7, 11) is 1.50. The summed E-state index contributed by atoms with van der Waals surface area (Å²) in [5, 5.41) is 3.28. The third-order valence-electron chi connectivity index (χ3n) is 5.70. The van der Waals surface area contributed by atoms with Crippen molar-refractivity contribution in [2.75, 3.05) is 32.1 Å². The Kier molecular flexibility index (Phi) is 6.90. The van der Waals surface area contributed by atoms with Crippen LogP contribution in [0.5, 0.6) is 0 Å². The average molecular weight is 491 g/mol. The van der Waals surface area contributed by atoms with Gasteiger partial charge in [-0.2, -0.15) is 13.2 Å². The number of methoxy groups -OCH3 is 1. The predicted octanol–water partition coefficient (Wildman–Crippen LogP) is 5.45. The van der Waals surface area contributed by atoms with Crippen LogP contribution in [0.4, 0.5) is 19.0 Å². The molecular formula is C24H25F3N4O2S. The molecule has 1 aromatic carbocycles. The smallest absolute Gasteiger partial charge is 0.375 e. The number of nitrogens with zero attached hydrogens (tertiary/aromatic N) is 3. The number of amides is 1. The predicted molar refractivity (Wildman–Crippen MR) is 127 cm³/mol. The maximum atomic E-state index is 13.1. The third-order valence-corrected chi connectivity index (χ3v) is 6.90. The number of thiophene rings is 1. The van der Waals surface area contributed by atoms with E-state index in [1.54, 1.807) is 17.9 Å². The fourth-order valence-electron chi connectivity index (χ4n) is 3.91. The molecule has 0 aliphatic carbocycles. The summed E-state index contributed by atoms with van der Waals surface area (Å²) in [4.78, 5) is 23.9. The first-order chi connectivity index (χ1) is 16.2. The van der Waals surface area contributed by atoms with Gasteiger partial charge in [0.25, 0.3) is 0 Å². The highest BCUT2D eigenvalue weighted by molar-refractivity contribution is 7.20. The first kappa shape index (κ1) is 24.2. The van der Waals surface area contributed by atoms with Gasteiger partial charge in [-0.05, 0) is 49.6 Å². The quantitative estimate of drug-likeness (QED) is 0.498. The minimum absolute atomic E-state index is 0.0364. The van der Waals surface area contributed by atoms with Gasteiger partial charge in [-0.25, -0.2) is 9.97 Å². The lowest BCUT2D eigenvalue weighted by Gasteiger charge is -2.25. The SMILES string of the molecule is COCC(=O)N1CC=C(c2cc3nc(C)nc(N[C@H](C)c4cccc(C(F)(F)F)c4)c3s2)CC1. The molecule has 34 heavy (non-hydrogen) atoms. The van der Waals surface area contributed by atoms with E-state index in [0.717, 1.165) is 39.2 Å². The van der Waals surface area contributed by atoms with Crippen molar-refractivity contribution in [1.82, 2.24) is 14.9 Å². The number of ether oxygens (including phenoxy) is 1. The number of anilines is 1. The first-order valence-electron chi connectivity index (χ1n) is 10.8. The number of carbonyl (C=O) groups excluding carboxylic acids is 1. The normalized spacial score (nSPS) is 15.4. The van der Waals surface area contributed by atoms with Crippen molar-refractivity contribution in [1.29, 1.82) is 0 Å². The maximum Gasteiger partial charge on any atom is 0.416 e. The second kappa shape index (κ2) is 9.71. The van der Waals surface area contributed by atoms with E-state index >= 15 is 0 Å². The molecular weight excluding hydrogens is 465 g/mol. The van der Waals surface area contributed by atoms with Crippen LogP contribution in [0.15, 0.2) is 36.4 Å². The molecule has 2 aromatic heterocycles. The zero-order chi connectivity index (χ0) is 24.5. The van der Waals surface area contributed by atoms with Gasteiger partial charge < -0.3 is 15.0 Å². The van der Waals surface area contributed by atoms with Crippen LogP contribution >= 0.6 is 11.3 Å². The zero-order valence-electron chi connectivity index (χ0n) is 19.1. The lowest BCUT2D eigenvalue weighted by molar-refractivity contribution is -0.137. The molecule has 1 atom stereocenters. The number of benzene rings is 1. The molecule has 1 aliphatic heterocycles. The van der Waals surface area contributed by atoms with Crippen molar-refractivity contribution in [3.63, 3.8) is 0 Å². The summed E-state index contributed by atoms with van der Waals surface area (Å²) in [5.74, 6) is 1.13. The Labute approximate surface area is 199 Å². The van der Waals surface area contributed by atoms with Crippen LogP contribution in [0.2, 0.25) is 0 Å². The Hall–Kier alpha value is -2.98. The number of halogens is 3. The highest BCUT2D eigenvalue weighted by atomic mass is 32.1. The lowest BCUT2D eigenvalue weighted by Crippen LogP contribution is -2.36. The number of hydrogen-bond acceptors (Lipinski definition) is 6. The summed E-state index contributed by atoms with van der Waals surface area (Å²) in [6, 6.07) is 6.92. The topological polar surface area (TPSA) is 67.3 Å². The molecule has 6 nitrogen and oxygen atoms in total. The van der Waals surface area contributed by atoms with Gasteiger partial charge in [-0.3, -0.25) is 4.79 Å². The minimum atomic E-state index is -4.39. The van der Waals surface area contributed by atoms with Crippen LogP contribution < -0.4 is 5.32 Å². The Balaban J connectivity index is 1.59. The van der Waals surface area contributed by atoms with E-state index in [1.165, 1.54) is 24.5 Å². The van der Waals surface area contributed by atoms with E-state index in [2.05, 4.69) is 15.3 Å². The lowest BCUT2D eigenvalue weighted by atomic mass is 10.0. The number of rotatable bonds is 6. The minimum Gasteiger partial charge on any atom is -0.375 e. The van der Waals surface area contributed by atoms with E-state index in [0.29, 0.717) is 30.3 Å². The van der Waals surface area contributed by atoms with Gasteiger partial charge in [0.1, 0.15) is 18.2 Å². The van der Waals surface area contributed by atoms with Gasteiger partial charge >= 0.3 is 6.18 Å². The monoisotopic (exact) mass is 490 g/mol. The van der Waals surface area contributed by atoms with Crippen LogP contribution in [0.3, 0.4) is 0 Å². The molecule has 1 N–H and O–H groups in total. The van der Waals surface area contributed by atoms with Crippen LogP contribution in [-0.2, 0) is 15.7 Å². The zero-order valence-corrected chi connectivity index (χ0v) is 19.9. The second-order valence-electron chi connectivity index (χ2n) is 8.19. The van der Waals surface area contributed by atoms with Gasteiger partial charge in [0.2, 0.25) is 5.91 Å². The molecule has 0 radical (unpaired) electrons. The number of fused-ring (bicyclic) bond motifs is 1. The van der Waals surface area contributed by atoms with Crippen molar-refractivity contribution < 1.29 is 22.7 Å². The molecule has 4 rings (SSSR count). The molecule has 0 unspecified atom stereocenters. The number of nitrogens with one attached hydrogen (secondary N) is 1. The van der Waals surface area contributed by atoms with Crippen LogP contribution in [-0.4, -0.2) is 47.6 Å². The summed E-state index contributed by atoms with van der Waals surface area (Å²) in [6.45, 7) is 4.80. The third kappa shape index (κ3) is 5.23. The van der Waals surface area contributed by atoms with Gasteiger partial charge in [0.15, 0.2) is 0 Å². The first-order valence-corrected chi connectivity index (χ1v) is 11.7. The Morgan fingerprint density at radius 2 is 2.09 bits per heavy atom. The van der Waals surface area contributed by atoms with Crippen LogP contribution in [0.25, 0.3) is 15.8 Å². The summed E-state index contributed by atoms with van der Waals surface area (Å²) >= 11 is 1.54. The molecule has 10 heteroatoms. The van der Waals surface area contributed by atoms with Crippen molar-refractivity contribution >= 4 is 38.9 Å². The molecule has 0 fully saturated rings. The highest BCUT2D eigenvalue weighted by Crippen LogP contribution is 2.37. The van der Waals surface area contributed by atoms with Gasteiger partial charge in [-0.1, -0.05) is 18.2 Å². The van der Waals surface area contributed by atoms with Gasteiger partial charge in [0.05, 0.1) is 21.8 Å². The summed E-state index contributed by atoms with van der Waals surface area (Å²) in [6.07, 6.45) is -1.63. The van der Waals surface area contributed by atoms with E-state index in [-0.39, 0.29) is 18.6 Å². The standard InChI is InChI=1S/C24H25F3N4O2S/c1-14(17-5-4-6-18(11-17)24(25,26)27)28-23-22-19(29-15(2)30-23)12-20(34-22)16-7-9-31(10-8-16)21(32)13-33-3/h4-7,11-12,14H,8-10,13H2,1-3H3,(H,28,29,30)/t14-/m1/s1.